The van der Waals surface area contributed by atoms with Gasteiger partial charge in [0.05, 0.1) is 53.5 Å². The summed E-state index contributed by atoms with van der Waals surface area (Å²) in [5.74, 6) is -2.64. The van der Waals surface area contributed by atoms with Crippen LogP contribution in [0.25, 0.3) is 11.0 Å². The summed E-state index contributed by atoms with van der Waals surface area (Å²) in [5.41, 5.74) is 1.98. The van der Waals surface area contributed by atoms with E-state index in [1.165, 1.54) is 11.2 Å². The summed E-state index contributed by atoms with van der Waals surface area (Å²) in [5, 5.41) is 11.8. The van der Waals surface area contributed by atoms with Crippen molar-refractivity contribution >= 4 is 79.4 Å². The molecule has 5 aromatic rings. The maximum Gasteiger partial charge on any atom is 0.304 e. The molecule has 3 aliphatic heterocycles. The fourth-order valence-corrected chi connectivity index (χ4v) is 14.8. The quantitative estimate of drug-likeness (QED) is 0.0922. The minimum absolute atomic E-state index is 0.0155. The number of piperidine rings is 1. The van der Waals surface area contributed by atoms with Gasteiger partial charge in [0.2, 0.25) is 27.7 Å². The molecular weight excluding hydrogens is 1080 g/mol. The number of pyridine rings is 2. The van der Waals surface area contributed by atoms with Gasteiger partial charge in [-0.3, -0.25) is 38.3 Å². The van der Waals surface area contributed by atoms with Crippen molar-refractivity contribution in [1.82, 2.24) is 38.5 Å². The van der Waals surface area contributed by atoms with Gasteiger partial charge in [-0.05, 0) is 91.6 Å². The van der Waals surface area contributed by atoms with Gasteiger partial charge in [0, 0.05) is 104 Å². The molecule has 0 radical (unpaired) electrons. The number of piperazine rings is 2. The second-order valence-corrected chi connectivity index (χ2v) is 26.3. The Bertz CT molecular complexity index is 3350. The van der Waals surface area contributed by atoms with E-state index in [0.29, 0.717) is 70.6 Å². The fraction of sp³-hybridized carbons (Fsp3) is 0.508. The molecule has 4 atom stereocenters. The van der Waals surface area contributed by atoms with Crippen LogP contribution in [0, 0.1) is 17.8 Å². The zero-order valence-electron chi connectivity index (χ0n) is 46.4. The van der Waals surface area contributed by atoms with Crippen molar-refractivity contribution in [3.8, 4) is 0 Å². The van der Waals surface area contributed by atoms with Crippen LogP contribution in [0.15, 0.2) is 77.9 Å². The van der Waals surface area contributed by atoms with E-state index in [4.69, 9.17) is 33.2 Å². The summed E-state index contributed by atoms with van der Waals surface area (Å²) in [4.78, 5) is 102. The van der Waals surface area contributed by atoms with Gasteiger partial charge < -0.3 is 24.7 Å². The number of nitrogens with zero attached hydrogens (tertiary/aromatic N) is 9. The van der Waals surface area contributed by atoms with Gasteiger partial charge in [0.25, 0.3) is 5.56 Å². The molecular formula is C59H71Cl2N9O9S. The molecule has 4 aliphatic rings. The maximum absolute atomic E-state index is 15.1. The Kier molecular flexibility index (Phi) is 17.3. The van der Waals surface area contributed by atoms with Gasteiger partial charge in [-0.2, -0.15) is 4.31 Å². The third kappa shape index (κ3) is 12.5. The summed E-state index contributed by atoms with van der Waals surface area (Å²) in [6, 6.07) is 16.6. The van der Waals surface area contributed by atoms with E-state index in [-0.39, 0.29) is 80.2 Å². The number of benzene rings is 2. The highest BCUT2D eigenvalue weighted by Gasteiger charge is 2.55. The Balaban J connectivity index is 0.796. The molecule has 18 nitrogen and oxygen atoms in total. The van der Waals surface area contributed by atoms with Crippen LogP contribution in [0.1, 0.15) is 143 Å². The number of likely N-dealkylation sites (tertiary alicyclic amines) is 1. The molecule has 3 amide bonds. The second-order valence-electron chi connectivity index (χ2n) is 23.4. The summed E-state index contributed by atoms with van der Waals surface area (Å²) >= 11 is 12.9. The van der Waals surface area contributed by atoms with Crippen molar-refractivity contribution < 1.29 is 37.5 Å². The number of hydrogen-bond acceptors (Lipinski definition) is 12. The standard InChI is InChI=1S/C59H71Cl2N9O9S/c1-37-47-35-63-49(64-55(47)69(44-12-7-8-13-44)56(76)53(37)38(2)71)31-43-18-19-45(34-62-43)65-22-24-66(25-23-65)50(72)20-21-51(73)67-26-28-68(29-27-67)80(78,79)36-48(58(3,4)5)70-54(39-14-16-41(60)17-15-39)46(40-10-9-11-42(61)30-40)32-59(6,57(70)77)33-52(74)75/h9-11,14-19,30,34-35,44,46,48,54H,7-8,12-13,20-29,31-33,36H2,1-6H3,(H,74,75)/t46-,48-,54-,59-/m1/s1. The molecule has 9 rings (SSSR count). The van der Waals surface area contributed by atoms with Gasteiger partial charge in [0.1, 0.15) is 11.5 Å². The van der Waals surface area contributed by atoms with Gasteiger partial charge in [-0.1, -0.05) is 88.0 Å². The van der Waals surface area contributed by atoms with Crippen molar-refractivity contribution in [2.24, 2.45) is 10.8 Å². The summed E-state index contributed by atoms with van der Waals surface area (Å²) in [7, 11) is -4.09. The molecule has 6 heterocycles. The number of amides is 3. The lowest BCUT2D eigenvalue weighted by molar-refractivity contribution is -0.162. The number of carboxylic acid groups (broad SMARTS) is 1. The molecule has 4 fully saturated rings. The number of carbonyl (C=O) groups is 5. The topological polar surface area (TPSA) is 217 Å². The lowest BCUT2D eigenvalue weighted by Crippen LogP contribution is -2.61. The van der Waals surface area contributed by atoms with Crippen molar-refractivity contribution in [2.45, 2.75) is 123 Å². The number of aryl methyl sites for hydroxylation is 1. The van der Waals surface area contributed by atoms with E-state index in [1.807, 2.05) is 57.2 Å². The molecule has 1 aliphatic carbocycles. The lowest BCUT2D eigenvalue weighted by atomic mass is 9.66. The average molecular weight is 1150 g/mol. The highest BCUT2D eigenvalue weighted by atomic mass is 35.5. The third-order valence-electron chi connectivity index (χ3n) is 16.8. The van der Waals surface area contributed by atoms with E-state index in [0.717, 1.165) is 42.6 Å². The largest absolute Gasteiger partial charge is 0.481 e. The number of halogens is 2. The number of carboxylic acids is 1. The smallest absolute Gasteiger partial charge is 0.304 e. The predicted molar refractivity (Wildman–Crippen MR) is 307 cm³/mol. The van der Waals surface area contributed by atoms with E-state index in [9.17, 15) is 37.5 Å². The molecule has 2 aromatic carbocycles. The molecule has 0 spiro atoms. The number of Topliss-reactive ketones (excluding diaryl/α,β-unsaturated/α-hetero) is 1. The number of ketones is 1. The molecule has 1 saturated carbocycles. The number of rotatable bonds is 16. The van der Waals surface area contributed by atoms with Crippen molar-refractivity contribution in [3.63, 3.8) is 0 Å². The molecule has 80 heavy (non-hydrogen) atoms. The second kappa shape index (κ2) is 23.7. The van der Waals surface area contributed by atoms with E-state index >= 15 is 4.79 Å². The minimum atomic E-state index is -4.09. The molecule has 426 valence electrons. The van der Waals surface area contributed by atoms with Crippen LogP contribution in [-0.2, 0) is 35.6 Å². The fourth-order valence-electron chi connectivity index (χ4n) is 12.5. The predicted octanol–water partition coefficient (Wildman–Crippen LogP) is 8.27. The summed E-state index contributed by atoms with van der Waals surface area (Å²) < 4.78 is 32.4. The molecule has 0 bridgehead atoms. The summed E-state index contributed by atoms with van der Waals surface area (Å²) in [6.07, 6.45) is 7.29. The third-order valence-corrected chi connectivity index (χ3v) is 19.2. The first-order chi connectivity index (χ1) is 37.9. The number of hydrogen-bond donors (Lipinski definition) is 1. The first-order valence-electron chi connectivity index (χ1n) is 27.6. The van der Waals surface area contributed by atoms with Gasteiger partial charge in [0.15, 0.2) is 5.78 Å². The highest BCUT2D eigenvalue weighted by Crippen LogP contribution is 2.53. The Labute approximate surface area is 477 Å². The van der Waals surface area contributed by atoms with Crippen LogP contribution in [0.3, 0.4) is 0 Å². The molecule has 21 heteroatoms. The normalized spacial score (nSPS) is 21.1. The Morgan fingerprint density at radius 2 is 1.45 bits per heavy atom. The van der Waals surface area contributed by atoms with Gasteiger partial charge in [-0.25, -0.2) is 18.4 Å². The maximum atomic E-state index is 15.1. The van der Waals surface area contributed by atoms with Crippen LogP contribution < -0.4 is 10.5 Å². The number of fused-ring (bicyclic) bond motifs is 1. The number of aliphatic carboxylic acids is 1. The summed E-state index contributed by atoms with van der Waals surface area (Å²) in [6.45, 7) is 12.8. The van der Waals surface area contributed by atoms with Crippen LogP contribution in [0.4, 0.5) is 5.69 Å². The van der Waals surface area contributed by atoms with Crippen LogP contribution in [0.2, 0.25) is 10.0 Å². The number of anilines is 1. The average Bonchev–Trinajstić information content (AvgIpc) is 4.09. The van der Waals surface area contributed by atoms with Crippen molar-refractivity contribution in [1.29, 1.82) is 0 Å². The molecule has 1 N–H and O–H groups in total. The van der Waals surface area contributed by atoms with E-state index in [1.54, 1.807) is 69.8 Å². The molecule has 3 saturated heterocycles. The van der Waals surface area contributed by atoms with E-state index in [2.05, 4.69) is 9.88 Å². The Hall–Kier alpha value is -6.28. The number of sulfonamides is 1. The zero-order valence-corrected chi connectivity index (χ0v) is 48.7. The van der Waals surface area contributed by atoms with Gasteiger partial charge in [-0.15, -0.1) is 0 Å². The minimum Gasteiger partial charge on any atom is -0.481 e. The van der Waals surface area contributed by atoms with Crippen LogP contribution in [0.5, 0.6) is 0 Å². The monoisotopic (exact) mass is 1150 g/mol. The highest BCUT2D eigenvalue weighted by molar-refractivity contribution is 7.89. The Morgan fingerprint density at radius 3 is 2.02 bits per heavy atom. The number of carbonyl (C=O) groups excluding carboxylic acids is 4. The molecule has 3 aromatic heterocycles. The van der Waals surface area contributed by atoms with Crippen molar-refractivity contribution in [2.75, 3.05) is 63.0 Å². The van der Waals surface area contributed by atoms with Crippen molar-refractivity contribution in [3.05, 3.63) is 127 Å². The first-order valence-corrected chi connectivity index (χ1v) is 30.0. The molecule has 0 unspecified atom stereocenters. The Morgan fingerprint density at radius 1 is 0.812 bits per heavy atom. The van der Waals surface area contributed by atoms with Crippen LogP contribution >= 0.6 is 23.2 Å². The van der Waals surface area contributed by atoms with E-state index < -0.39 is 62.9 Å². The zero-order chi connectivity index (χ0) is 57.4. The SMILES string of the molecule is CC(=O)c1c(C)c2cnc(Cc3ccc(N4CCN(C(=O)CCC(=O)N5CCN(S(=O)(=O)C[C@@H](N6C(=O)[C@@](C)(CC(=O)O)C[C@H](c7cccc(Cl)c7)[C@H]6c6ccc(Cl)cc6)C(C)(C)C)CC5)CC4)cn3)nc2n(C2CCCC2)c1=O. The van der Waals surface area contributed by atoms with Gasteiger partial charge >= 0.3 is 5.97 Å². The lowest BCUT2D eigenvalue weighted by Gasteiger charge is -2.54. The number of aromatic nitrogens is 4. The van der Waals surface area contributed by atoms with Crippen LogP contribution in [-0.4, -0.2) is 146 Å². The first kappa shape index (κ1) is 58.4.